The van der Waals surface area contributed by atoms with Crippen molar-refractivity contribution >= 4 is 27.3 Å². The van der Waals surface area contributed by atoms with Gasteiger partial charge in [0.05, 0.1) is 21.4 Å². The highest BCUT2D eigenvalue weighted by atomic mass is 35.5. The first-order valence-electron chi connectivity index (χ1n) is 9.59. The molecule has 0 bridgehead atoms. The van der Waals surface area contributed by atoms with E-state index < -0.39 is 49.9 Å². The molecule has 0 aliphatic heterocycles. The average molecular weight is 515 g/mol. The van der Waals surface area contributed by atoms with E-state index in [1.807, 2.05) is 0 Å². The van der Waals surface area contributed by atoms with Gasteiger partial charge in [-0.25, -0.2) is 8.42 Å². The summed E-state index contributed by atoms with van der Waals surface area (Å²) in [5.41, 5.74) is -4.24. The van der Waals surface area contributed by atoms with Gasteiger partial charge in [0.15, 0.2) is 5.60 Å². The molecule has 3 N–H and O–H groups in total. The maximum Gasteiger partial charge on any atom is 0.419 e. The van der Waals surface area contributed by atoms with Crippen molar-refractivity contribution in [2.75, 3.05) is 0 Å². The first kappa shape index (κ1) is 25.5. The molecule has 3 aromatic rings. The molecule has 0 fully saturated rings. The molecule has 1 aromatic heterocycles. The minimum atomic E-state index is -5.21. The summed E-state index contributed by atoms with van der Waals surface area (Å²) < 4.78 is 66.8. The van der Waals surface area contributed by atoms with Crippen molar-refractivity contribution in [3.05, 3.63) is 83.1 Å². The number of nitrogens with one attached hydrogen (secondary N) is 1. The topological polar surface area (TPSA) is 117 Å². The van der Waals surface area contributed by atoms with Crippen molar-refractivity contribution in [2.24, 2.45) is 0 Å². The summed E-state index contributed by atoms with van der Waals surface area (Å²) in [5.74, 6) is -1.61. The lowest BCUT2D eigenvalue weighted by Crippen LogP contribution is -2.53. The average Bonchev–Trinajstić information content (AvgIpc) is 2.77. The van der Waals surface area contributed by atoms with Crippen LogP contribution in [-0.4, -0.2) is 41.3 Å². The van der Waals surface area contributed by atoms with Crippen LogP contribution in [0.2, 0.25) is 5.02 Å². The van der Waals surface area contributed by atoms with E-state index in [1.54, 1.807) is 0 Å². The second-order valence-corrected chi connectivity index (χ2v) is 9.80. The van der Waals surface area contributed by atoms with Crippen LogP contribution in [0.15, 0.2) is 76.8 Å². The second kappa shape index (κ2) is 9.24. The van der Waals surface area contributed by atoms with Crippen LogP contribution in [0.4, 0.5) is 13.2 Å². The third-order valence-electron chi connectivity index (χ3n) is 5.10. The number of aromatic hydroxyl groups is 1. The van der Waals surface area contributed by atoms with E-state index in [4.69, 9.17) is 11.6 Å². The zero-order valence-electron chi connectivity index (χ0n) is 17.4. The lowest BCUT2D eigenvalue weighted by molar-refractivity contribution is -0.263. The largest absolute Gasteiger partial charge is 0.507 e. The van der Waals surface area contributed by atoms with Gasteiger partial charge in [-0.15, -0.1) is 0 Å². The van der Waals surface area contributed by atoms with Crippen molar-refractivity contribution < 1.29 is 36.6 Å². The van der Waals surface area contributed by atoms with Gasteiger partial charge >= 0.3 is 6.18 Å². The van der Waals surface area contributed by atoms with E-state index in [-0.39, 0.29) is 15.4 Å². The number of aliphatic hydroxyl groups is 1. The van der Waals surface area contributed by atoms with E-state index in [0.29, 0.717) is 6.92 Å². The number of pyridine rings is 1. The van der Waals surface area contributed by atoms with Crippen molar-refractivity contribution in [3.8, 4) is 5.75 Å². The Morgan fingerprint density at radius 3 is 2.32 bits per heavy atom. The standard InChI is InChI=1S/C22H18ClF3N2O5S/c1-21(31,22(24,25)26)19(28-20(30)16-6-2-3-7-18(16)29)15-9-8-13(11-17(15)23)34(32,33)14-5-4-10-27-12-14/h2-12,19,29,31H,1H3,(H,28,30). The minimum absolute atomic E-state index is 0.162. The van der Waals surface area contributed by atoms with Crippen LogP contribution < -0.4 is 5.32 Å². The molecule has 0 saturated heterocycles. The molecule has 2 unspecified atom stereocenters. The highest BCUT2D eigenvalue weighted by Crippen LogP contribution is 2.42. The van der Waals surface area contributed by atoms with Gasteiger partial charge in [-0.2, -0.15) is 13.2 Å². The number of halogens is 4. The molecule has 3 rings (SSSR count). The fourth-order valence-electron chi connectivity index (χ4n) is 3.11. The molecule has 34 heavy (non-hydrogen) atoms. The van der Waals surface area contributed by atoms with Gasteiger partial charge < -0.3 is 15.5 Å². The third kappa shape index (κ3) is 4.86. The zero-order valence-corrected chi connectivity index (χ0v) is 19.0. The van der Waals surface area contributed by atoms with E-state index in [9.17, 15) is 36.6 Å². The molecule has 0 aliphatic rings. The van der Waals surface area contributed by atoms with Crippen molar-refractivity contribution in [1.82, 2.24) is 10.3 Å². The Kier molecular flexibility index (Phi) is 6.92. The van der Waals surface area contributed by atoms with Crippen LogP contribution in [0.3, 0.4) is 0 Å². The number of phenols is 1. The number of carbonyl (C=O) groups is 1. The molecular formula is C22H18ClF3N2O5S. The molecular weight excluding hydrogens is 497 g/mol. The molecule has 1 heterocycles. The van der Waals surface area contributed by atoms with E-state index in [1.165, 1.54) is 36.5 Å². The Labute approximate surface area is 197 Å². The summed E-state index contributed by atoms with van der Waals surface area (Å²) in [6.45, 7) is 0.444. The van der Waals surface area contributed by atoms with Crippen LogP contribution in [0.1, 0.15) is 28.9 Å². The van der Waals surface area contributed by atoms with Gasteiger partial charge in [0, 0.05) is 17.4 Å². The van der Waals surface area contributed by atoms with Crippen LogP contribution in [0, 0.1) is 0 Å². The van der Waals surface area contributed by atoms with Crippen molar-refractivity contribution in [3.63, 3.8) is 0 Å². The summed E-state index contributed by atoms with van der Waals surface area (Å²) in [5, 5.41) is 21.9. The SMILES string of the molecule is CC(O)(C(NC(=O)c1ccccc1O)c1ccc(S(=O)(=O)c2cccnc2)cc1Cl)C(F)(F)F. The van der Waals surface area contributed by atoms with E-state index >= 15 is 0 Å². The Hall–Kier alpha value is -3.15. The number of amides is 1. The van der Waals surface area contributed by atoms with Crippen LogP contribution in [-0.2, 0) is 9.84 Å². The number of phenolic OH excluding ortho intramolecular Hbond substituents is 1. The molecule has 0 saturated carbocycles. The summed E-state index contributed by atoms with van der Waals surface area (Å²) in [4.78, 5) is 15.9. The monoisotopic (exact) mass is 514 g/mol. The number of rotatable bonds is 6. The fourth-order valence-corrected chi connectivity index (χ4v) is 4.71. The summed E-state index contributed by atoms with van der Waals surface area (Å²) in [7, 11) is -4.09. The molecule has 0 spiro atoms. The quantitative estimate of drug-likeness (QED) is 0.457. The Balaban J connectivity index is 2.08. The Morgan fingerprint density at radius 2 is 1.76 bits per heavy atom. The van der Waals surface area contributed by atoms with Gasteiger partial charge in [0.25, 0.3) is 5.91 Å². The number of aromatic nitrogens is 1. The highest BCUT2D eigenvalue weighted by molar-refractivity contribution is 7.91. The molecule has 7 nitrogen and oxygen atoms in total. The normalized spacial score (nSPS) is 14.8. The number of hydrogen-bond donors (Lipinski definition) is 3. The summed E-state index contributed by atoms with van der Waals surface area (Å²) in [6, 6.07) is 8.57. The lowest BCUT2D eigenvalue weighted by atomic mass is 9.89. The lowest BCUT2D eigenvalue weighted by Gasteiger charge is -2.36. The third-order valence-corrected chi connectivity index (χ3v) is 7.16. The number of para-hydroxylation sites is 1. The van der Waals surface area contributed by atoms with Crippen molar-refractivity contribution in [1.29, 1.82) is 0 Å². The summed E-state index contributed by atoms with van der Waals surface area (Å²) in [6.07, 6.45) is -2.75. The first-order valence-corrected chi connectivity index (χ1v) is 11.5. The minimum Gasteiger partial charge on any atom is -0.507 e. The molecule has 2 atom stereocenters. The zero-order chi connectivity index (χ0) is 25.3. The molecule has 12 heteroatoms. The second-order valence-electron chi connectivity index (χ2n) is 7.44. The smallest absolute Gasteiger partial charge is 0.419 e. The number of alkyl halides is 3. The van der Waals surface area contributed by atoms with Crippen LogP contribution >= 0.6 is 11.6 Å². The van der Waals surface area contributed by atoms with Crippen LogP contribution in [0.5, 0.6) is 5.75 Å². The van der Waals surface area contributed by atoms with Gasteiger partial charge in [0.1, 0.15) is 5.75 Å². The van der Waals surface area contributed by atoms with Crippen LogP contribution in [0.25, 0.3) is 0 Å². The van der Waals surface area contributed by atoms with Gasteiger partial charge in [-0.1, -0.05) is 29.8 Å². The van der Waals surface area contributed by atoms with E-state index in [2.05, 4.69) is 10.3 Å². The number of sulfone groups is 1. The number of hydrogen-bond acceptors (Lipinski definition) is 6. The maximum absolute atomic E-state index is 13.7. The van der Waals surface area contributed by atoms with Gasteiger partial charge in [-0.05, 0) is 48.9 Å². The Morgan fingerprint density at radius 1 is 1.09 bits per heavy atom. The number of benzene rings is 2. The van der Waals surface area contributed by atoms with Crippen molar-refractivity contribution in [2.45, 2.75) is 34.5 Å². The predicted molar refractivity (Wildman–Crippen MR) is 116 cm³/mol. The molecule has 0 radical (unpaired) electrons. The molecule has 2 aromatic carbocycles. The molecule has 1 amide bonds. The first-order chi connectivity index (χ1) is 15.8. The Bertz CT molecular complexity index is 1320. The number of carbonyl (C=O) groups excluding carboxylic acids is 1. The number of nitrogens with zero attached hydrogens (tertiary/aromatic N) is 1. The fraction of sp³-hybridized carbons (Fsp3) is 0.182. The molecule has 0 aliphatic carbocycles. The highest BCUT2D eigenvalue weighted by Gasteiger charge is 2.56. The van der Waals surface area contributed by atoms with E-state index in [0.717, 1.165) is 30.5 Å². The predicted octanol–water partition coefficient (Wildman–Crippen LogP) is 4.06. The van der Waals surface area contributed by atoms with Gasteiger partial charge in [0.2, 0.25) is 9.84 Å². The van der Waals surface area contributed by atoms with Gasteiger partial charge in [-0.3, -0.25) is 9.78 Å². The summed E-state index contributed by atoms with van der Waals surface area (Å²) >= 11 is 6.18. The maximum atomic E-state index is 13.7. The molecule has 180 valence electrons.